The highest BCUT2D eigenvalue weighted by molar-refractivity contribution is 7.10. The zero-order valence-electron chi connectivity index (χ0n) is 15.8. The third kappa shape index (κ3) is 3.59. The van der Waals surface area contributed by atoms with Crippen molar-refractivity contribution in [3.05, 3.63) is 97.5 Å². The number of benzene rings is 2. The molecule has 4 rings (SSSR count). The third-order valence-corrected chi connectivity index (χ3v) is 6.03. The predicted molar refractivity (Wildman–Crippen MR) is 112 cm³/mol. The van der Waals surface area contributed by atoms with E-state index in [2.05, 4.69) is 54.0 Å². The molecule has 4 aromatic rings. The van der Waals surface area contributed by atoms with E-state index in [1.165, 1.54) is 16.0 Å². The van der Waals surface area contributed by atoms with Gasteiger partial charge in [0.1, 0.15) is 23.9 Å². The van der Waals surface area contributed by atoms with Crippen molar-refractivity contribution in [3.8, 4) is 5.75 Å². The SMILES string of the molecule is Cc1ccc([C@H]([NH2+]Cc2cc(=O)oc3c(C)c(O)ccc23)c2cccs2)cc1. The first-order valence-corrected chi connectivity index (χ1v) is 10.1. The number of phenolic OH excluding ortho intramolecular Hbond substituents is 1. The zero-order valence-corrected chi connectivity index (χ0v) is 16.6. The number of aryl methyl sites for hydroxylation is 2. The van der Waals surface area contributed by atoms with Crippen LogP contribution in [0.3, 0.4) is 0 Å². The second-order valence-corrected chi connectivity index (χ2v) is 8.00. The minimum atomic E-state index is -0.396. The van der Waals surface area contributed by atoms with E-state index in [1.54, 1.807) is 30.4 Å². The van der Waals surface area contributed by atoms with E-state index in [-0.39, 0.29) is 11.8 Å². The van der Waals surface area contributed by atoms with Crippen LogP contribution in [0.1, 0.15) is 33.2 Å². The van der Waals surface area contributed by atoms with Gasteiger partial charge in [-0.25, -0.2) is 4.79 Å². The maximum atomic E-state index is 12.1. The van der Waals surface area contributed by atoms with Crippen molar-refractivity contribution < 1.29 is 14.8 Å². The molecule has 0 saturated heterocycles. The average Bonchev–Trinajstić information content (AvgIpc) is 3.21. The smallest absolute Gasteiger partial charge is 0.336 e. The van der Waals surface area contributed by atoms with Gasteiger partial charge in [0.15, 0.2) is 0 Å². The standard InChI is InChI=1S/C23H21NO3S/c1-14-5-7-16(8-6-14)22(20-4-3-11-28-20)24-13-17-12-21(26)27-23-15(2)19(25)10-9-18(17)23/h3-12,22,24-25H,13H2,1-2H3/p+1/t22-/m0/s1. The molecular weight excluding hydrogens is 370 g/mol. The van der Waals surface area contributed by atoms with Crippen molar-refractivity contribution in [3.63, 3.8) is 0 Å². The van der Waals surface area contributed by atoms with Gasteiger partial charge in [-0.1, -0.05) is 35.9 Å². The summed E-state index contributed by atoms with van der Waals surface area (Å²) in [5, 5.41) is 15.1. The highest BCUT2D eigenvalue weighted by Crippen LogP contribution is 2.28. The third-order valence-electron chi connectivity index (χ3n) is 5.08. The van der Waals surface area contributed by atoms with Crippen LogP contribution in [-0.2, 0) is 6.54 Å². The number of nitrogens with two attached hydrogens (primary N) is 1. The summed E-state index contributed by atoms with van der Waals surface area (Å²) < 4.78 is 5.36. The Morgan fingerprint density at radius 2 is 1.89 bits per heavy atom. The fraction of sp³-hybridized carbons (Fsp3) is 0.174. The quantitative estimate of drug-likeness (QED) is 0.504. The lowest BCUT2D eigenvalue weighted by molar-refractivity contribution is -0.701. The molecule has 0 aliphatic heterocycles. The van der Waals surface area contributed by atoms with Gasteiger partial charge in [-0.3, -0.25) is 0 Å². The van der Waals surface area contributed by atoms with E-state index in [4.69, 9.17) is 4.42 Å². The lowest BCUT2D eigenvalue weighted by Crippen LogP contribution is -2.83. The fourth-order valence-corrected chi connectivity index (χ4v) is 4.34. The Morgan fingerprint density at radius 1 is 1.11 bits per heavy atom. The normalized spacial score (nSPS) is 12.4. The molecule has 0 aliphatic carbocycles. The summed E-state index contributed by atoms with van der Waals surface area (Å²) in [4.78, 5) is 13.4. The average molecular weight is 393 g/mol. The first-order chi connectivity index (χ1) is 13.5. The molecule has 1 atom stereocenters. The largest absolute Gasteiger partial charge is 0.508 e. The molecule has 0 aliphatic rings. The van der Waals surface area contributed by atoms with Gasteiger partial charge in [0, 0.05) is 28.1 Å². The number of rotatable bonds is 5. The summed E-state index contributed by atoms with van der Waals surface area (Å²) in [6.07, 6.45) is 0. The summed E-state index contributed by atoms with van der Waals surface area (Å²) >= 11 is 1.73. The molecule has 3 N–H and O–H groups in total. The number of quaternary nitrogens is 1. The van der Waals surface area contributed by atoms with E-state index in [0.29, 0.717) is 17.7 Å². The summed E-state index contributed by atoms with van der Waals surface area (Å²) in [5.41, 5.74) is 4.02. The van der Waals surface area contributed by atoms with Crippen LogP contribution in [0, 0.1) is 13.8 Å². The van der Waals surface area contributed by atoms with Crippen molar-refractivity contribution in [1.82, 2.24) is 0 Å². The Hall–Kier alpha value is -2.89. The number of hydrogen-bond acceptors (Lipinski definition) is 4. The van der Waals surface area contributed by atoms with Crippen molar-refractivity contribution in [2.45, 2.75) is 26.4 Å². The van der Waals surface area contributed by atoms with Gasteiger partial charge in [0.25, 0.3) is 0 Å². The van der Waals surface area contributed by atoms with Crippen molar-refractivity contribution in [2.75, 3.05) is 0 Å². The Bertz CT molecular complexity index is 1160. The number of aromatic hydroxyl groups is 1. The van der Waals surface area contributed by atoms with Gasteiger partial charge >= 0.3 is 5.63 Å². The lowest BCUT2D eigenvalue weighted by Gasteiger charge is -2.16. The van der Waals surface area contributed by atoms with Gasteiger partial charge < -0.3 is 14.8 Å². The van der Waals surface area contributed by atoms with Crippen LogP contribution in [0.2, 0.25) is 0 Å². The van der Waals surface area contributed by atoms with Crippen molar-refractivity contribution in [1.29, 1.82) is 0 Å². The minimum Gasteiger partial charge on any atom is -0.508 e. The molecule has 0 radical (unpaired) electrons. The second kappa shape index (κ2) is 7.62. The van der Waals surface area contributed by atoms with Crippen molar-refractivity contribution >= 4 is 22.3 Å². The number of thiophene rings is 1. The van der Waals surface area contributed by atoms with E-state index < -0.39 is 5.63 Å². The number of fused-ring (bicyclic) bond motifs is 1. The summed E-state index contributed by atoms with van der Waals surface area (Å²) in [6.45, 7) is 4.47. The van der Waals surface area contributed by atoms with Crippen LogP contribution in [0.15, 0.2) is 69.2 Å². The molecule has 0 saturated carbocycles. The Morgan fingerprint density at radius 3 is 2.61 bits per heavy atom. The Kier molecular flexibility index (Phi) is 5.03. The van der Waals surface area contributed by atoms with Crippen LogP contribution in [0.25, 0.3) is 11.0 Å². The molecule has 142 valence electrons. The molecule has 0 bridgehead atoms. The summed E-state index contributed by atoms with van der Waals surface area (Å²) in [7, 11) is 0. The van der Waals surface area contributed by atoms with Gasteiger partial charge in [0.05, 0.1) is 4.88 Å². The van der Waals surface area contributed by atoms with Gasteiger partial charge in [-0.05, 0) is 37.4 Å². The van der Waals surface area contributed by atoms with Crippen LogP contribution in [0.4, 0.5) is 0 Å². The Labute approximate surface area is 167 Å². The topological polar surface area (TPSA) is 67.0 Å². The van der Waals surface area contributed by atoms with E-state index in [0.717, 1.165) is 10.9 Å². The molecule has 5 heteroatoms. The summed E-state index contributed by atoms with van der Waals surface area (Å²) in [5.74, 6) is 0.132. The summed E-state index contributed by atoms with van der Waals surface area (Å²) in [6, 6.07) is 18.0. The van der Waals surface area contributed by atoms with E-state index in [9.17, 15) is 9.90 Å². The second-order valence-electron chi connectivity index (χ2n) is 7.02. The van der Waals surface area contributed by atoms with E-state index in [1.807, 2.05) is 6.07 Å². The van der Waals surface area contributed by atoms with E-state index >= 15 is 0 Å². The molecule has 2 aromatic carbocycles. The molecule has 0 spiro atoms. The first kappa shape index (κ1) is 18.5. The number of phenols is 1. The van der Waals surface area contributed by atoms with Gasteiger partial charge in [-0.2, -0.15) is 0 Å². The molecule has 0 fully saturated rings. The van der Waals surface area contributed by atoms with Gasteiger partial charge in [-0.15, -0.1) is 11.3 Å². The Balaban J connectivity index is 1.71. The zero-order chi connectivity index (χ0) is 19.7. The van der Waals surface area contributed by atoms with Crippen molar-refractivity contribution in [2.24, 2.45) is 0 Å². The molecule has 0 amide bonds. The number of hydrogen-bond donors (Lipinski definition) is 2. The molecule has 2 heterocycles. The maximum Gasteiger partial charge on any atom is 0.336 e. The molecule has 28 heavy (non-hydrogen) atoms. The monoisotopic (exact) mass is 392 g/mol. The fourth-order valence-electron chi connectivity index (χ4n) is 3.49. The predicted octanol–water partition coefficient (Wildman–Crippen LogP) is 4.03. The van der Waals surface area contributed by atoms with Crippen LogP contribution >= 0.6 is 11.3 Å². The molecule has 0 unspecified atom stereocenters. The lowest BCUT2D eigenvalue weighted by atomic mass is 10.0. The van der Waals surface area contributed by atoms with Gasteiger partial charge in [0.2, 0.25) is 0 Å². The van der Waals surface area contributed by atoms with Crippen LogP contribution < -0.4 is 10.9 Å². The minimum absolute atomic E-state index is 0.132. The highest BCUT2D eigenvalue weighted by Gasteiger charge is 2.20. The maximum absolute atomic E-state index is 12.1. The van der Waals surface area contributed by atoms with Crippen LogP contribution in [-0.4, -0.2) is 5.11 Å². The first-order valence-electron chi connectivity index (χ1n) is 9.21. The molecule has 2 aromatic heterocycles. The molecule has 4 nitrogen and oxygen atoms in total. The van der Waals surface area contributed by atoms with Crippen LogP contribution in [0.5, 0.6) is 5.75 Å². The highest BCUT2D eigenvalue weighted by atomic mass is 32.1. The molecular formula is C23H22NO3S+.